The standard InChI is InChI=1S/C9H10O3/c1-11-9-3-7-5-12-4-6(7)2-8(9)10/h2-3,10H,4-5H2,1H3. The zero-order valence-electron chi connectivity index (χ0n) is 6.83. The molecule has 1 aliphatic rings. The largest absolute Gasteiger partial charge is 0.504 e. The van der Waals surface area contributed by atoms with Crippen LogP contribution in [0.1, 0.15) is 11.1 Å². The molecule has 1 aliphatic heterocycles. The van der Waals surface area contributed by atoms with Crippen molar-refractivity contribution in [3.8, 4) is 11.5 Å². The molecule has 2 rings (SSSR count). The van der Waals surface area contributed by atoms with Gasteiger partial charge < -0.3 is 14.6 Å². The average molecular weight is 166 g/mol. The molecule has 3 heteroatoms. The summed E-state index contributed by atoms with van der Waals surface area (Å²) < 4.78 is 10.2. The molecule has 3 nitrogen and oxygen atoms in total. The van der Waals surface area contributed by atoms with Gasteiger partial charge in [0.1, 0.15) is 0 Å². The maximum atomic E-state index is 9.39. The van der Waals surface area contributed by atoms with Gasteiger partial charge in [0.05, 0.1) is 20.3 Å². The molecule has 1 aromatic rings. The fourth-order valence-corrected chi connectivity index (χ4v) is 1.36. The molecule has 1 N–H and O–H groups in total. The van der Waals surface area contributed by atoms with Gasteiger partial charge in [0.15, 0.2) is 11.5 Å². The summed E-state index contributed by atoms with van der Waals surface area (Å²) in [6, 6.07) is 3.51. The predicted octanol–water partition coefficient (Wildman–Crippen LogP) is 1.43. The highest BCUT2D eigenvalue weighted by molar-refractivity contribution is 5.46. The van der Waals surface area contributed by atoms with Crippen LogP contribution in [0.2, 0.25) is 0 Å². The molecule has 64 valence electrons. The number of aromatic hydroxyl groups is 1. The molecule has 1 aromatic carbocycles. The molecule has 0 saturated heterocycles. The van der Waals surface area contributed by atoms with E-state index in [-0.39, 0.29) is 5.75 Å². The topological polar surface area (TPSA) is 38.7 Å². The van der Waals surface area contributed by atoms with Crippen molar-refractivity contribution in [1.29, 1.82) is 0 Å². The van der Waals surface area contributed by atoms with Crippen molar-refractivity contribution in [2.45, 2.75) is 13.2 Å². The van der Waals surface area contributed by atoms with Crippen LogP contribution in [0, 0.1) is 0 Å². The summed E-state index contributed by atoms with van der Waals surface area (Å²) in [7, 11) is 1.54. The van der Waals surface area contributed by atoms with Crippen LogP contribution in [0.15, 0.2) is 12.1 Å². The number of hydrogen-bond acceptors (Lipinski definition) is 3. The number of phenolic OH excluding ortho intramolecular Hbond substituents is 1. The van der Waals surface area contributed by atoms with Gasteiger partial charge in [0.2, 0.25) is 0 Å². The Labute approximate surface area is 70.5 Å². The van der Waals surface area contributed by atoms with Gasteiger partial charge in [-0.25, -0.2) is 0 Å². The Kier molecular flexibility index (Phi) is 1.66. The lowest BCUT2D eigenvalue weighted by Gasteiger charge is -2.04. The first-order valence-electron chi connectivity index (χ1n) is 3.78. The molecule has 0 bridgehead atoms. The molecule has 0 aromatic heterocycles. The summed E-state index contributed by atoms with van der Waals surface area (Å²) in [5, 5.41) is 9.39. The maximum absolute atomic E-state index is 9.39. The Morgan fingerprint density at radius 3 is 2.67 bits per heavy atom. The number of rotatable bonds is 1. The van der Waals surface area contributed by atoms with Gasteiger partial charge in [-0.15, -0.1) is 0 Å². The van der Waals surface area contributed by atoms with Crippen LogP contribution in [0.25, 0.3) is 0 Å². The van der Waals surface area contributed by atoms with E-state index in [1.165, 1.54) is 7.11 Å². The first-order chi connectivity index (χ1) is 5.81. The lowest BCUT2D eigenvalue weighted by Crippen LogP contribution is -1.87. The highest BCUT2D eigenvalue weighted by Gasteiger charge is 2.14. The van der Waals surface area contributed by atoms with E-state index in [1.54, 1.807) is 6.07 Å². The third-order valence-corrected chi connectivity index (χ3v) is 2.02. The zero-order valence-corrected chi connectivity index (χ0v) is 6.83. The maximum Gasteiger partial charge on any atom is 0.160 e. The van der Waals surface area contributed by atoms with E-state index in [9.17, 15) is 5.11 Å². The normalized spacial score (nSPS) is 14.4. The third kappa shape index (κ3) is 1.02. The van der Waals surface area contributed by atoms with Crippen LogP contribution >= 0.6 is 0 Å². The Morgan fingerprint density at radius 2 is 2.00 bits per heavy atom. The van der Waals surface area contributed by atoms with Gasteiger partial charge in [-0.1, -0.05) is 0 Å². The number of ether oxygens (including phenoxy) is 2. The smallest absolute Gasteiger partial charge is 0.160 e. The number of hydrogen-bond donors (Lipinski definition) is 1. The number of benzene rings is 1. The van der Waals surface area contributed by atoms with E-state index in [0.717, 1.165) is 11.1 Å². The van der Waals surface area contributed by atoms with Crippen molar-refractivity contribution in [2.75, 3.05) is 7.11 Å². The molecule has 0 aliphatic carbocycles. The van der Waals surface area contributed by atoms with Crippen molar-refractivity contribution in [3.05, 3.63) is 23.3 Å². The Morgan fingerprint density at radius 1 is 1.33 bits per heavy atom. The van der Waals surface area contributed by atoms with Crippen LogP contribution in [0.4, 0.5) is 0 Å². The van der Waals surface area contributed by atoms with E-state index in [1.807, 2.05) is 6.07 Å². The van der Waals surface area contributed by atoms with Crippen molar-refractivity contribution >= 4 is 0 Å². The van der Waals surface area contributed by atoms with Crippen LogP contribution in [0.3, 0.4) is 0 Å². The average Bonchev–Trinajstić information content (AvgIpc) is 2.49. The van der Waals surface area contributed by atoms with Gasteiger partial charge in [-0.3, -0.25) is 0 Å². The number of phenols is 1. The fraction of sp³-hybridized carbons (Fsp3) is 0.333. The van der Waals surface area contributed by atoms with Crippen LogP contribution in [0.5, 0.6) is 11.5 Å². The highest BCUT2D eigenvalue weighted by atomic mass is 16.5. The number of methoxy groups -OCH3 is 1. The lowest BCUT2D eigenvalue weighted by atomic mass is 10.1. The molecule has 0 saturated carbocycles. The zero-order chi connectivity index (χ0) is 8.55. The molecule has 0 unspecified atom stereocenters. The quantitative estimate of drug-likeness (QED) is 0.685. The second-order valence-corrected chi connectivity index (χ2v) is 2.79. The van der Waals surface area contributed by atoms with Crippen molar-refractivity contribution in [2.24, 2.45) is 0 Å². The molecular weight excluding hydrogens is 156 g/mol. The first-order valence-corrected chi connectivity index (χ1v) is 3.78. The van der Waals surface area contributed by atoms with E-state index >= 15 is 0 Å². The molecular formula is C9H10O3. The minimum absolute atomic E-state index is 0.182. The second-order valence-electron chi connectivity index (χ2n) is 2.79. The van der Waals surface area contributed by atoms with E-state index < -0.39 is 0 Å². The summed E-state index contributed by atoms with van der Waals surface area (Å²) >= 11 is 0. The lowest BCUT2D eigenvalue weighted by molar-refractivity contribution is 0.134. The van der Waals surface area contributed by atoms with Gasteiger partial charge in [-0.2, -0.15) is 0 Å². The summed E-state index contributed by atoms with van der Waals surface area (Å²) in [4.78, 5) is 0. The summed E-state index contributed by atoms with van der Waals surface area (Å²) in [5.41, 5.74) is 2.15. The summed E-state index contributed by atoms with van der Waals surface area (Å²) in [5.74, 6) is 0.695. The van der Waals surface area contributed by atoms with Crippen molar-refractivity contribution in [1.82, 2.24) is 0 Å². The Hall–Kier alpha value is -1.22. The minimum Gasteiger partial charge on any atom is -0.504 e. The minimum atomic E-state index is 0.182. The second kappa shape index (κ2) is 2.68. The van der Waals surface area contributed by atoms with E-state index in [4.69, 9.17) is 9.47 Å². The van der Waals surface area contributed by atoms with Gasteiger partial charge in [0.25, 0.3) is 0 Å². The van der Waals surface area contributed by atoms with Gasteiger partial charge in [0, 0.05) is 0 Å². The summed E-state index contributed by atoms with van der Waals surface area (Å²) in [6.45, 7) is 1.21. The molecule has 0 fully saturated rings. The molecule has 1 heterocycles. The number of fused-ring (bicyclic) bond motifs is 1. The van der Waals surface area contributed by atoms with Crippen LogP contribution in [-0.4, -0.2) is 12.2 Å². The predicted molar refractivity (Wildman–Crippen MR) is 43.2 cm³/mol. The van der Waals surface area contributed by atoms with Crippen molar-refractivity contribution in [3.63, 3.8) is 0 Å². The molecule has 0 amide bonds. The SMILES string of the molecule is COc1cc2c(cc1O)COC2. The molecule has 0 radical (unpaired) electrons. The Balaban J connectivity index is 2.49. The van der Waals surface area contributed by atoms with Crippen LogP contribution < -0.4 is 4.74 Å². The van der Waals surface area contributed by atoms with E-state index in [0.29, 0.717) is 19.0 Å². The Bertz CT molecular complexity index is 306. The monoisotopic (exact) mass is 166 g/mol. The third-order valence-electron chi connectivity index (χ3n) is 2.02. The van der Waals surface area contributed by atoms with Gasteiger partial charge in [-0.05, 0) is 23.3 Å². The van der Waals surface area contributed by atoms with E-state index in [2.05, 4.69) is 0 Å². The first kappa shape index (κ1) is 7.43. The molecule has 0 spiro atoms. The van der Waals surface area contributed by atoms with Gasteiger partial charge >= 0.3 is 0 Å². The molecule has 12 heavy (non-hydrogen) atoms. The van der Waals surface area contributed by atoms with Crippen molar-refractivity contribution < 1.29 is 14.6 Å². The fourth-order valence-electron chi connectivity index (χ4n) is 1.36. The summed E-state index contributed by atoms with van der Waals surface area (Å²) in [6.07, 6.45) is 0. The highest BCUT2D eigenvalue weighted by Crippen LogP contribution is 2.32. The molecule has 0 atom stereocenters. The van der Waals surface area contributed by atoms with Crippen LogP contribution in [-0.2, 0) is 18.0 Å².